The second-order valence-corrected chi connectivity index (χ2v) is 6.57. The van der Waals surface area contributed by atoms with Crippen molar-refractivity contribution in [2.45, 2.75) is 77.3 Å². The first-order valence-corrected chi connectivity index (χ1v) is 8.69. The van der Waals surface area contributed by atoms with Crippen molar-refractivity contribution < 1.29 is 5.11 Å². The van der Waals surface area contributed by atoms with E-state index in [0.717, 1.165) is 25.9 Å². The number of nitrogens with one attached hydrogen (secondary N) is 1. The molecule has 0 heterocycles. The number of aliphatic hydroxyl groups is 1. The van der Waals surface area contributed by atoms with Crippen LogP contribution in [0.25, 0.3) is 0 Å². The summed E-state index contributed by atoms with van der Waals surface area (Å²) in [4.78, 5) is 2.51. The summed E-state index contributed by atoms with van der Waals surface area (Å²) in [6.07, 6.45) is 8.49. The van der Waals surface area contributed by atoms with E-state index in [2.05, 4.69) is 38.0 Å². The number of hydrogen-bond donors (Lipinski definition) is 2. The van der Waals surface area contributed by atoms with Crippen LogP contribution in [0.3, 0.4) is 0 Å². The zero-order chi connectivity index (χ0) is 15.0. The smallest absolute Gasteiger partial charge is 0.0616 e. The van der Waals surface area contributed by atoms with Crippen LogP contribution < -0.4 is 5.32 Å². The molecule has 2 unspecified atom stereocenters. The summed E-state index contributed by atoms with van der Waals surface area (Å²) in [5.41, 5.74) is 0.00474. The van der Waals surface area contributed by atoms with Crippen LogP contribution >= 0.6 is 0 Å². The third kappa shape index (κ3) is 4.44. The Hall–Kier alpha value is -0.120. The molecule has 1 saturated carbocycles. The van der Waals surface area contributed by atoms with Gasteiger partial charge in [-0.15, -0.1) is 0 Å². The van der Waals surface area contributed by atoms with E-state index in [1.54, 1.807) is 0 Å². The van der Waals surface area contributed by atoms with Crippen molar-refractivity contribution in [3.63, 3.8) is 0 Å². The van der Waals surface area contributed by atoms with Crippen molar-refractivity contribution in [3.05, 3.63) is 0 Å². The molecule has 1 aliphatic rings. The van der Waals surface area contributed by atoms with E-state index in [-0.39, 0.29) is 5.54 Å². The van der Waals surface area contributed by atoms with Gasteiger partial charge in [-0.25, -0.2) is 0 Å². The quantitative estimate of drug-likeness (QED) is 0.647. The van der Waals surface area contributed by atoms with Crippen LogP contribution in [0.4, 0.5) is 0 Å². The second-order valence-electron chi connectivity index (χ2n) is 6.57. The van der Waals surface area contributed by atoms with Gasteiger partial charge in [-0.1, -0.05) is 27.2 Å². The van der Waals surface area contributed by atoms with Gasteiger partial charge in [0.15, 0.2) is 0 Å². The first kappa shape index (κ1) is 17.9. The fraction of sp³-hybridized carbons (Fsp3) is 1.00. The maximum absolute atomic E-state index is 9.90. The van der Waals surface area contributed by atoms with Gasteiger partial charge in [-0.3, -0.25) is 0 Å². The fourth-order valence-corrected chi connectivity index (χ4v) is 3.89. The molecule has 0 aliphatic heterocycles. The molecule has 1 fully saturated rings. The van der Waals surface area contributed by atoms with Crippen molar-refractivity contribution in [2.75, 3.05) is 26.7 Å². The summed E-state index contributed by atoms with van der Waals surface area (Å²) in [5, 5.41) is 13.6. The van der Waals surface area contributed by atoms with E-state index in [1.165, 1.54) is 32.1 Å². The molecule has 2 atom stereocenters. The first-order valence-electron chi connectivity index (χ1n) is 8.69. The van der Waals surface area contributed by atoms with Gasteiger partial charge < -0.3 is 15.3 Å². The summed E-state index contributed by atoms with van der Waals surface area (Å²) in [6, 6.07) is 0.712. The van der Waals surface area contributed by atoms with Gasteiger partial charge in [-0.05, 0) is 64.6 Å². The Morgan fingerprint density at radius 3 is 2.55 bits per heavy atom. The lowest BCUT2D eigenvalue weighted by Crippen LogP contribution is -2.52. The predicted octanol–water partition coefficient (Wildman–Crippen LogP) is 3.03. The number of nitrogens with zero attached hydrogens (tertiary/aromatic N) is 1. The summed E-state index contributed by atoms with van der Waals surface area (Å²) in [5.74, 6) is 0.635. The highest BCUT2D eigenvalue weighted by molar-refractivity contribution is 4.99. The highest BCUT2D eigenvalue weighted by Gasteiger charge is 2.41. The molecule has 0 amide bonds. The molecule has 0 aromatic heterocycles. The summed E-state index contributed by atoms with van der Waals surface area (Å²) in [6.45, 7) is 9.24. The van der Waals surface area contributed by atoms with Crippen LogP contribution in [-0.4, -0.2) is 48.3 Å². The zero-order valence-corrected chi connectivity index (χ0v) is 14.1. The van der Waals surface area contributed by atoms with Crippen molar-refractivity contribution in [2.24, 2.45) is 5.92 Å². The van der Waals surface area contributed by atoms with E-state index in [4.69, 9.17) is 0 Å². The first-order chi connectivity index (χ1) is 9.63. The summed E-state index contributed by atoms with van der Waals surface area (Å²) in [7, 11) is 2.26. The molecule has 1 aliphatic carbocycles. The van der Waals surface area contributed by atoms with Crippen LogP contribution in [0.2, 0.25) is 0 Å². The largest absolute Gasteiger partial charge is 0.394 e. The SMILES string of the molecule is CCCNC1(CO)CCCC1CCN(C)C(CC)CC. The molecule has 120 valence electrons. The molecule has 0 aromatic carbocycles. The Morgan fingerprint density at radius 2 is 2.00 bits per heavy atom. The molecule has 0 spiro atoms. The van der Waals surface area contributed by atoms with Crippen molar-refractivity contribution in [1.29, 1.82) is 0 Å². The van der Waals surface area contributed by atoms with E-state index >= 15 is 0 Å². The van der Waals surface area contributed by atoms with Crippen molar-refractivity contribution in [1.82, 2.24) is 10.2 Å². The van der Waals surface area contributed by atoms with Gasteiger partial charge in [0, 0.05) is 11.6 Å². The molecule has 0 aromatic rings. The van der Waals surface area contributed by atoms with Gasteiger partial charge in [-0.2, -0.15) is 0 Å². The number of aliphatic hydroxyl groups excluding tert-OH is 1. The Kier molecular flexibility index (Phi) is 8.08. The van der Waals surface area contributed by atoms with Gasteiger partial charge in [0.2, 0.25) is 0 Å². The van der Waals surface area contributed by atoms with Gasteiger partial charge in [0.25, 0.3) is 0 Å². The third-order valence-electron chi connectivity index (χ3n) is 5.36. The van der Waals surface area contributed by atoms with Crippen molar-refractivity contribution >= 4 is 0 Å². The van der Waals surface area contributed by atoms with Gasteiger partial charge >= 0.3 is 0 Å². The second kappa shape index (κ2) is 9.01. The van der Waals surface area contributed by atoms with Crippen LogP contribution in [0.5, 0.6) is 0 Å². The zero-order valence-electron chi connectivity index (χ0n) is 14.1. The molecule has 3 nitrogen and oxygen atoms in total. The minimum Gasteiger partial charge on any atom is -0.394 e. The maximum Gasteiger partial charge on any atom is 0.0616 e. The van der Waals surface area contributed by atoms with E-state index in [1.807, 2.05) is 0 Å². The van der Waals surface area contributed by atoms with Crippen LogP contribution in [0, 0.1) is 5.92 Å². The van der Waals surface area contributed by atoms with Crippen LogP contribution in [-0.2, 0) is 0 Å². The normalized spacial score (nSPS) is 26.9. The fourth-order valence-electron chi connectivity index (χ4n) is 3.89. The predicted molar refractivity (Wildman–Crippen MR) is 87.1 cm³/mol. The molecule has 20 heavy (non-hydrogen) atoms. The highest BCUT2D eigenvalue weighted by Crippen LogP contribution is 2.38. The summed E-state index contributed by atoms with van der Waals surface area (Å²) >= 11 is 0. The molecule has 1 rings (SSSR count). The standard InChI is InChI=1S/C17H36N2O/c1-5-12-18-17(14-20)11-8-9-15(17)10-13-19(4)16(6-2)7-3/h15-16,18,20H,5-14H2,1-4H3. The molecule has 3 heteroatoms. The Labute approximate surface area is 126 Å². The average molecular weight is 284 g/mol. The Balaban J connectivity index is 2.52. The average Bonchev–Trinajstić information content (AvgIpc) is 2.87. The number of rotatable bonds is 10. The molecule has 0 saturated heterocycles. The topological polar surface area (TPSA) is 35.5 Å². The van der Waals surface area contributed by atoms with Gasteiger partial charge in [0.1, 0.15) is 0 Å². The van der Waals surface area contributed by atoms with E-state index in [0.29, 0.717) is 18.6 Å². The molecular weight excluding hydrogens is 248 g/mol. The maximum atomic E-state index is 9.90. The molecule has 0 radical (unpaired) electrons. The number of hydrogen-bond acceptors (Lipinski definition) is 3. The van der Waals surface area contributed by atoms with Crippen LogP contribution in [0.15, 0.2) is 0 Å². The van der Waals surface area contributed by atoms with Crippen molar-refractivity contribution in [3.8, 4) is 0 Å². The molecular formula is C17H36N2O. The lowest BCUT2D eigenvalue weighted by atomic mass is 9.85. The Morgan fingerprint density at radius 1 is 1.30 bits per heavy atom. The summed E-state index contributed by atoms with van der Waals surface area (Å²) < 4.78 is 0. The van der Waals surface area contributed by atoms with E-state index in [9.17, 15) is 5.11 Å². The molecule has 2 N–H and O–H groups in total. The highest BCUT2D eigenvalue weighted by atomic mass is 16.3. The minimum absolute atomic E-state index is 0.00474. The molecule has 0 bridgehead atoms. The lowest BCUT2D eigenvalue weighted by Gasteiger charge is -2.37. The van der Waals surface area contributed by atoms with Gasteiger partial charge in [0.05, 0.1) is 6.61 Å². The van der Waals surface area contributed by atoms with E-state index < -0.39 is 0 Å². The van der Waals surface area contributed by atoms with Crippen LogP contribution in [0.1, 0.15) is 65.7 Å². The minimum atomic E-state index is 0.00474. The lowest BCUT2D eigenvalue weighted by molar-refractivity contribution is 0.108. The monoisotopic (exact) mass is 284 g/mol. The Bertz CT molecular complexity index is 255. The third-order valence-corrected chi connectivity index (χ3v) is 5.36.